The smallest absolute Gasteiger partial charge is 0.0583 e. The van der Waals surface area contributed by atoms with E-state index in [1.54, 1.807) is 0 Å². The van der Waals surface area contributed by atoms with E-state index in [9.17, 15) is 0 Å². The molecule has 0 saturated carbocycles. The van der Waals surface area contributed by atoms with E-state index in [2.05, 4.69) is 31.2 Å². The van der Waals surface area contributed by atoms with Crippen LogP contribution < -0.4 is 5.73 Å². The number of fused-ring (bicyclic) bond motifs is 1. The summed E-state index contributed by atoms with van der Waals surface area (Å²) < 4.78 is 5.99. The fourth-order valence-corrected chi connectivity index (χ4v) is 3.74. The van der Waals surface area contributed by atoms with Crippen LogP contribution in [0.1, 0.15) is 56.2 Å². The summed E-state index contributed by atoms with van der Waals surface area (Å²) in [6.45, 7) is 2.18. The highest BCUT2D eigenvalue weighted by Crippen LogP contribution is 2.36. The lowest BCUT2D eigenvalue weighted by Gasteiger charge is -2.25. The summed E-state index contributed by atoms with van der Waals surface area (Å²) in [5.41, 5.74) is 9.38. The molecule has 1 fully saturated rings. The molecule has 104 valence electrons. The number of benzene rings is 1. The van der Waals surface area contributed by atoms with Gasteiger partial charge in [-0.05, 0) is 62.5 Å². The second kappa shape index (κ2) is 5.64. The lowest BCUT2D eigenvalue weighted by Crippen LogP contribution is -2.25. The van der Waals surface area contributed by atoms with Crippen LogP contribution in [0.5, 0.6) is 0 Å². The minimum atomic E-state index is 0.193. The zero-order valence-electron chi connectivity index (χ0n) is 11.8. The highest BCUT2D eigenvalue weighted by Gasteiger charge is 2.30. The zero-order valence-corrected chi connectivity index (χ0v) is 11.8. The fraction of sp³-hybridized carbons (Fsp3) is 0.647. The third-order valence-electron chi connectivity index (χ3n) is 4.83. The van der Waals surface area contributed by atoms with E-state index < -0.39 is 0 Å². The van der Waals surface area contributed by atoms with Crippen molar-refractivity contribution in [3.05, 3.63) is 35.4 Å². The monoisotopic (exact) mass is 259 g/mol. The molecule has 0 aromatic heterocycles. The number of hydrogen-bond donors (Lipinski definition) is 1. The Bertz CT molecular complexity index is 431. The summed E-state index contributed by atoms with van der Waals surface area (Å²) in [6.07, 6.45) is 8.13. The van der Waals surface area contributed by atoms with Gasteiger partial charge in [0, 0.05) is 6.04 Å². The Morgan fingerprint density at radius 2 is 2.05 bits per heavy atom. The normalized spacial score (nSPS) is 34.8. The molecule has 1 aromatic carbocycles. The van der Waals surface area contributed by atoms with Crippen LogP contribution in [0.25, 0.3) is 0 Å². The largest absolute Gasteiger partial charge is 0.375 e. The number of rotatable bonds is 2. The molecular weight excluding hydrogens is 234 g/mol. The van der Waals surface area contributed by atoms with Crippen LogP contribution in [0.3, 0.4) is 0 Å². The maximum Gasteiger partial charge on any atom is 0.0583 e. The van der Waals surface area contributed by atoms with Gasteiger partial charge in [-0.1, -0.05) is 24.3 Å². The lowest BCUT2D eigenvalue weighted by atomic mass is 9.86. The first kappa shape index (κ1) is 13.1. The van der Waals surface area contributed by atoms with Crippen LogP contribution >= 0.6 is 0 Å². The van der Waals surface area contributed by atoms with E-state index in [0.717, 1.165) is 6.42 Å². The molecule has 2 aliphatic rings. The lowest BCUT2D eigenvalue weighted by molar-refractivity contribution is 0.0373. The molecule has 1 aliphatic carbocycles. The van der Waals surface area contributed by atoms with Gasteiger partial charge in [0.15, 0.2) is 0 Å². The standard InChI is InChI=1S/C17H25NO/c1-12-9-10-15(19-12)11-14-7-4-6-13-5-2-3-8-16(13)17(14)18/h2-3,5,8,12,14-15,17H,4,6-7,9-11,18H2,1H3. The average molecular weight is 259 g/mol. The van der Waals surface area contributed by atoms with Gasteiger partial charge in [-0.3, -0.25) is 0 Å². The van der Waals surface area contributed by atoms with E-state index >= 15 is 0 Å². The molecule has 1 heterocycles. The Morgan fingerprint density at radius 1 is 1.21 bits per heavy atom. The van der Waals surface area contributed by atoms with Gasteiger partial charge in [0.2, 0.25) is 0 Å². The minimum absolute atomic E-state index is 0.193. The summed E-state index contributed by atoms with van der Waals surface area (Å²) >= 11 is 0. The zero-order chi connectivity index (χ0) is 13.2. The predicted molar refractivity (Wildman–Crippen MR) is 78.0 cm³/mol. The Morgan fingerprint density at radius 3 is 2.84 bits per heavy atom. The molecule has 0 amide bonds. The number of aryl methyl sites for hydroxylation is 1. The summed E-state index contributed by atoms with van der Waals surface area (Å²) in [5.74, 6) is 0.582. The van der Waals surface area contributed by atoms with Crippen LogP contribution in [0.4, 0.5) is 0 Å². The maximum atomic E-state index is 6.55. The molecule has 2 N–H and O–H groups in total. The van der Waals surface area contributed by atoms with Crippen molar-refractivity contribution < 1.29 is 4.74 Å². The van der Waals surface area contributed by atoms with E-state index in [4.69, 9.17) is 10.5 Å². The van der Waals surface area contributed by atoms with E-state index in [-0.39, 0.29) is 6.04 Å². The fourth-order valence-electron chi connectivity index (χ4n) is 3.74. The molecule has 0 radical (unpaired) electrons. The second-order valence-corrected chi connectivity index (χ2v) is 6.26. The first-order valence-electron chi connectivity index (χ1n) is 7.73. The third-order valence-corrected chi connectivity index (χ3v) is 4.83. The van der Waals surface area contributed by atoms with Gasteiger partial charge in [0.25, 0.3) is 0 Å². The molecule has 4 unspecified atom stereocenters. The van der Waals surface area contributed by atoms with E-state index in [1.165, 1.54) is 43.2 Å². The highest BCUT2D eigenvalue weighted by atomic mass is 16.5. The summed E-state index contributed by atoms with van der Waals surface area (Å²) in [7, 11) is 0. The Balaban J connectivity index is 1.72. The van der Waals surface area contributed by atoms with Crippen LogP contribution in [0, 0.1) is 5.92 Å². The summed E-state index contributed by atoms with van der Waals surface area (Å²) in [4.78, 5) is 0. The Hall–Kier alpha value is -0.860. The average Bonchev–Trinajstić information content (AvgIpc) is 2.75. The van der Waals surface area contributed by atoms with Gasteiger partial charge >= 0.3 is 0 Å². The van der Waals surface area contributed by atoms with Crippen LogP contribution in [0.15, 0.2) is 24.3 Å². The van der Waals surface area contributed by atoms with Crippen molar-refractivity contribution in [2.24, 2.45) is 11.7 Å². The second-order valence-electron chi connectivity index (χ2n) is 6.26. The predicted octanol–water partition coefficient (Wildman–Crippen LogP) is 3.60. The molecule has 4 atom stereocenters. The van der Waals surface area contributed by atoms with Crippen molar-refractivity contribution >= 4 is 0 Å². The molecule has 1 saturated heterocycles. The molecule has 0 spiro atoms. The van der Waals surface area contributed by atoms with Crippen molar-refractivity contribution in [3.63, 3.8) is 0 Å². The van der Waals surface area contributed by atoms with Crippen molar-refractivity contribution in [2.45, 2.75) is 63.7 Å². The highest BCUT2D eigenvalue weighted by molar-refractivity contribution is 5.31. The molecule has 0 bridgehead atoms. The van der Waals surface area contributed by atoms with Gasteiger partial charge in [-0.15, -0.1) is 0 Å². The molecule has 3 rings (SSSR count). The van der Waals surface area contributed by atoms with Crippen molar-refractivity contribution in [3.8, 4) is 0 Å². The number of ether oxygens (including phenoxy) is 1. The minimum Gasteiger partial charge on any atom is -0.375 e. The summed E-state index contributed by atoms with van der Waals surface area (Å²) in [6, 6.07) is 8.91. The molecular formula is C17H25NO. The SMILES string of the molecule is CC1CCC(CC2CCCc3ccccc3C2N)O1. The van der Waals surface area contributed by atoms with Gasteiger partial charge in [-0.25, -0.2) is 0 Å². The first-order valence-corrected chi connectivity index (χ1v) is 7.73. The molecule has 2 heteroatoms. The van der Waals surface area contributed by atoms with Gasteiger partial charge in [0.1, 0.15) is 0 Å². The number of hydrogen-bond acceptors (Lipinski definition) is 2. The van der Waals surface area contributed by atoms with Gasteiger partial charge in [0.05, 0.1) is 12.2 Å². The van der Waals surface area contributed by atoms with Crippen molar-refractivity contribution in [2.75, 3.05) is 0 Å². The number of nitrogens with two attached hydrogens (primary N) is 1. The molecule has 2 nitrogen and oxygen atoms in total. The molecule has 1 aliphatic heterocycles. The Labute approximate surface area is 116 Å². The van der Waals surface area contributed by atoms with Crippen LogP contribution in [-0.4, -0.2) is 12.2 Å². The first-order chi connectivity index (χ1) is 9.24. The van der Waals surface area contributed by atoms with Crippen LogP contribution in [0.2, 0.25) is 0 Å². The van der Waals surface area contributed by atoms with Gasteiger partial charge < -0.3 is 10.5 Å². The van der Waals surface area contributed by atoms with Crippen molar-refractivity contribution in [1.82, 2.24) is 0 Å². The van der Waals surface area contributed by atoms with E-state index in [0.29, 0.717) is 18.1 Å². The van der Waals surface area contributed by atoms with Crippen LogP contribution in [-0.2, 0) is 11.2 Å². The molecule has 19 heavy (non-hydrogen) atoms. The van der Waals surface area contributed by atoms with Gasteiger partial charge in [-0.2, -0.15) is 0 Å². The third kappa shape index (κ3) is 2.85. The summed E-state index contributed by atoms with van der Waals surface area (Å²) in [5, 5.41) is 0. The topological polar surface area (TPSA) is 35.2 Å². The molecule has 1 aromatic rings. The van der Waals surface area contributed by atoms with E-state index in [1.807, 2.05) is 0 Å². The quantitative estimate of drug-likeness (QED) is 0.824. The Kier molecular flexibility index (Phi) is 3.90. The van der Waals surface area contributed by atoms with Crippen molar-refractivity contribution in [1.29, 1.82) is 0 Å². The maximum absolute atomic E-state index is 6.55.